The van der Waals surface area contributed by atoms with Gasteiger partial charge in [0, 0.05) is 17.5 Å². The van der Waals surface area contributed by atoms with Crippen LogP contribution >= 0.6 is 0 Å². The number of ether oxygens (including phenoxy) is 2. The zero-order chi connectivity index (χ0) is 20.4. The van der Waals surface area contributed by atoms with Gasteiger partial charge in [-0.05, 0) is 45.4 Å². The average molecular weight is 383 g/mol. The third kappa shape index (κ3) is 3.53. The van der Waals surface area contributed by atoms with Crippen molar-refractivity contribution in [1.29, 1.82) is 0 Å². The van der Waals surface area contributed by atoms with Crippen molar-refractivity contribution >= 4 is 17.6 Å². The molecule has 0 unspecified atom stereocenters. The smallest absolute Gasteiger partial charge is 0.355 e. The lowest BCUT2D eigenvalue weighted by atomic mass is 10.1. The van der Waals surface area contributed by atoms with E-state index >= 15 is 0 Å². The number of aromatic nitrogens is 3. The minimum absolute atomic E-state index is 0.155. The van der Waals surface area contributed by atoms with E-state index in [-0.39, 0.29) is 30.0 Å². The van der Waals surface area contributed by atoms with Gasteiger partial charge in [-0.1, -0.05) is 6.07 Å². The van der Waals surface area contributed by atoms with E-state index in [9.17, 15) is 14.4 Å². The molecular formula is C20H21N3O5. The van der Waals surface area contributed by atoms with Gasteiger partial charge < -0.3 is 14.5 Å². The first kappa shape index (κ1) is 19.3. The summed E-state index contributed by atoms with van der Waals surface area (Å²) in [5.74, 6) is -1.13. The Bertz CT molecular complexity index is 1130. The van der Waals surface area contributed by atoms with Crippen LogP contribution in [0.5, 0.6) is 0 Å². The number of carbonyl (C=O) groups is 2. The summed E-state index contributed by atoms with van der Waals surface area (Å²) in [6.07, 6.45) is 0. The van der Waals surface area contributed by atoms with E-state index in [4.69, 9.17) is 9.47 Å². The SMILES string of the molecule is CCOC(=O)c1[nH]c(C)c(C(=O)OCc2cc(=O)n3c(C)cccc3n2)c1C. The molecule has 3 rings (SSSR count). The highest BCUT2D eigenvalue weighted by atomic mass is 16.5. The van der Waals surface area contributed by atoms with Crippen molar-refractivity contribution in [3.63, 3.8) is 0 Å². The highest BCUT2D eigenvalue weighted by Crippen LogP contribution is 2.20. The Morgan fingerprint density at radius 1 is 1.14 bits per heavy atom. The van der Waals surface area contributed by atoms with Crippen molar-refractivity contribution in [2.75, 3.05) is 6.61 Å². The number of rotatable bonds is 5. The van der Waals surface area contributed by atoms with Gasteiger partial charge in [-0.3, -0.25) is 9.20 Å². The van der Waals surface area contributed by atoms with E-state index in [0.29, 0.717) is 22.6 Å². The number of pyridine rings is 1. The third-order valence-electron chi connectivity index (χ3n) is 4.41. The van der Waals surface area contributed by atoms with Crippen LogP contribution in [-0.4, -0.2) is 32.9 Å². The molecule has 0 spiro atoms. The lowest BCUT2D eigenvalue weighted by molar-refractivity contribution is 0.0466. The number of aryl methyl sites for hydroxylation is 2. The molecule has 0 aliphatic heterocycles. The van der Waals surface area contributed by atoms with E-state index in [0.717, 1.165) is 5.69 Å². The van der Waals surface area contributed by atoms with Gasteiger partial charge in [0.05, 0.1) is 17.9 Å². The number of esters is 2. The first-order valence-electron chi connectivity index (χ1n) is 8.85. The van der Waals surface area contributed by atoms with Gasteiger partial charge in [0.25, 0.3) is 5.56 Å². The highest BCUT2D eigenvalue weighted by molar-refractivity contribution is 5.98. The van der Waals surface area contributed by atoms with E-state index in [1.807, 2.05) is 13.0 Å². The molecule has 3 aromatic rings. The van der Waals surface area contributed by atoms with Crippen molar-refractivity contribution in [2.24, 2.45) is 0 Å². The van der Waals surface area contributed by atoms with Crippen LogP contribution in [0.3, 0.4) is 0 Å². The third-order valence-corrected chi connectivity index (χ3v) is 4.41. The Kier molecular flexibility index (Phi) is 5.30. The van der Waals surface area contributed by atoms with Gasteiger partial charge >= 0.3 is 11.9 Å². The van der Waals surface area contributed by atoms with Crippen molar-refractivity contribution in [3.05, 3.63) is 68.5 Å². The number of H-pyrrole nitrogens is 1. The molecule has 0 bridgehead atoms. The molecule has 0 aromatic carbocycles. The van der Waals surface area contributed by atoms with E-state index in [1.165, 1.54) is 10.5 Å². The summed E-state index contributed by atoms with van der Waals surface area (Å²) in [5.41, 5.74) is 2.82. The number of fused-ring (bicyclic) bond motifs is 1. The summed E-state index contributed by atoms with van der Waals surface area (Å²) in [5, 5.41) is 0. The number of aromatic amines is 1. The van der Waals surface area contributed by atoms with Crippen LogP contribution in [0.15, 0.2) is 29.1 Å². The highest BCUT2D eigenvalue weighted by Gasteiger charge is 2.24. The Hall–Kier alpha value is -3.42. The summed E-state index contributed by atoms with van der Waals surface area (Å²) in [6.45, 7) is 6.93. The Labute approximate surface area is 161 Å². The first-order valence-corrected chi connectivity index (χ1v) is 8.85. The number of nitrogens with one attached hydrogen (secondary N) is 1. The average Bonchev–Trinajstić information content (AvgIpc) is 2.94. The van der Waals surface area contributed by atoms with Crippen molar-refractivity contribution in [3.8, 4) is 0 Å². The van der Waals surface area contributed by atoms with Gasteiger partial charge in [0.1, 0.15) is 17.9 Å². The molecule has 146 valence electrons. The molecular weight excluding hydrogens is 362 g/mol. The standard InChI is InChI=1S/C20H21N3O5/c1-5-27-20(26)18-12(3)17(13(4)21-18)19(25)28-10-14-9-16(24)23-11(2)7-6-8-15(23)22-14/h6-9,21H,5,10H2,1-4H3. The second kappa shape index (κ2) is 7.67. The minimum Gasteiger partial charge on any atom is -0.461 e. The summed E-state index contributed by atoms with van der Waals surface area (Å²) < 4.78 is 11.8. The predicted molar refractivity (Wildman–Crippen MR) is 102 cm³/mol. The molecule has 0 atom stereocenters. The maximum absolute atomic E-state index is 12.6. The molecule has 28 heavy (non-hydrogen) atoms. The maximum atomic E-state index is 12.6. The molecule has 1 N–H and O–H groups in total. The molecule has 0 fully saturated rings. The lowest BCUT2D eigenvalue weighted by Crippen LogP contribution is -2.18. The van der Waals surface area contributed by atoms with Crippen molar-refractivity contribution < 1.29 is 19.1 Å². The van der Waals surface area contributed by atoms with Crippen molar-refractivity contribution in [2.45, 2.75) is 34.3 Å². The van der Waals surface area contributed by atoms with Crippen LogP contribution in [0, 0.1) is 20.8 Å². The monoisotopic (exact) mass is 383 g/mol. The second-order valence-electron chi connectivity index (χ2n) is 6.37. The van der Waals surface area contributed by atoms with Crippen LogP contribution in [0.1, 0.15) is 50.4 Å². The summed E-state index contributed by atoms with van der Waals surface area (Å²) in [7, 11) is 0. The number of carbonyl (C=O) groups excluding carboxylic acids is 2. The van der Waals surface area contributed by atoms with Gasteiger partial charge in [-0.15, -0.1) is 0 Å². The molecule has 0 saturated carbocycles. The number of hydrogen-bond donors (Lipinski definition) is 1. The van der Waals surface area contributed by atoms with Crippen LogP contribution in [-0.2, 0) is 16.1 Å². The number of hydrogen-bond acceptors (Lipinski definition) is 6. The molecule has 0 aliphatic rings. The lowest BCUT2D eigenvalue weighted by Gasteiger charge is -2.08. The molecule has 0 aliphatic carbocycles. The van der Waals surface area contributed by atoms with Gasteiger partial charge in [0.15, 0.2) is 0 Å². The van der Waals surface area contributed by atoms with Crippen LogP contribution in [0.2, 0.25) is 0 Å². The van der Waals surface area contributed by atoms with Gasteiger partial charge in [0.2, 0.25) is 0 Å². The quantitative estimate of drug-likeness (QED) is 0.679. The second-order valence-corrected chi connectivity index (χ2v) is 6.37. The van der Waals surface area contributed by atoms with E-state index in [2.05, 4.69) is 9.97 Å². The fourth-order valence-corrected chi connectivity index (χ4v) is 3.11. The van der Waals surface area contributed by atoms with E-state index in [1.54, 1.807) is 32.9 Å². The zero-order valence-corrected chi connectivity index (χ0v) is 16.2. The fraction of sp³-hybridized carbons (Fsp3) is 0.300. The van der Waals surface area contributed by atoms with Crippen LogP contribution in [0.4, 0.5) is 0 Å². The Morgan fingerprint density at radius 2 is 1.89 bits per heavy atom. The molecule has 8 nitrogen and oxygen atoms in total. The first-order chi connectivity index (χ1) is 13.3. The van der Waals surface area contributed by atoms with Gasteiger partial charge in [-0.25, -0.2) is 14.6 Å². The molecule has 0 radical (unpaired) electrons. The van der Waals surface area contributed by atoms with E-state index < -0.39 is 11.9 Å². The summed E-state index contributed by atoms with van der Waals surface area (Å²) in [6, 6.07) is 6.67. The fourth-order valence-electron chi connectivity index (χ4n) is 3.11. The summed E-state index contributed by atoms with van der Waals surface area (Å²) >= 11 is 0. The molecule has 3 heterocycles. The topological polar surface area (TPSA) is 103 Å². The van der Waals surface area contributed by atoms with Crippen molar-refractivity contribution in [1.82, 2.24) is 14.4 Å². The Balaban J connectivity index is 1.82. The zero-order valence-electron chi connectivity index (χ0n) is 16.2. The summed E-state index contributed by atoms with van der Waals surface area (Å²) in [4.78, 5) is 44.1. The molecule has 0 saturated heterocycles. The molecule has 3 aromatic heterocycles. The largest absolute Gasteiger partial charge is 0.461 e. The minimum atomic E-state index is -0.604. The molecule has 8 heteroatoms. The maximum Gasteiger partial charge on any atom is 0.355 e. The normalized spacial score (nSPS) is 10.9. The van der Waals surface area contributed by atoms with Crippen LogP contribution in [0.25, 0.3) is 5.65 Å². The van der Waals surface area contributed by atoms with Crippen LogP contribution < -0.4 is 5.56 Å². The molecule has 0 amide bonds. The van der Waals surface area contributed by atoms with Gasteiger partial charge in [-0.2, -0.15) is 0 Å². The predicted octanol–water partition coefficient (Wildman–Crippen LogP) is 2.48. The number of nitrogens with zero attached hydrogens (tertiary/aromatic N) is 2. The Morgan fingerprint density at radius 3 is 2.61 bits per heavy atom.